The predicted molar refractivity (Wildman–Crippen MR) is 84.3 cm³/mol. The number of carbonyl (C=O) groups is 1. The number of carbonyl (C=O) groups excluding carboxylic acids is 1. The zero-order valence-electron chi connectivity index (χ0n) is 14.1. The van der Waals surface area contributed by atoms with E-state index in [9.17, 15) is 4.79 Å². The van der Waals surface area contributed by atoms with E-state index in [1.807, 2.05) is 4.90 Å². The highest BCUT2D eigenvalue weighted by Crippen LogP contribution is 2.31. The Morgan fingerprint density at radius 3 is 2.74 bits per heavy atom. The summed E-state index contributed by atoms with van der Waals surface area (Å²) >= 11 is 0. The van der Waals surface area contributed by atoms with Gasteiger partial charge in [0.2, 0.25) is 5.91 Å². The van der Waals surface area contributed by atoms with Crippen molar-refractivity contribution >= 4 is 5.91 Å². The molecule has 0 spiro atoms. The number of hydrogen-bond acceptors (Lipinski definition) is 5. The van der Waals surface area contributed by atoms with Crippen molar-refractivity contribution in [3.63, 3.8) is 0 Å². The molecule has 3 rings (SSSR count). The summed E-state index contributed by atoms with van der Waals surface area (Å²) in [6, 6.07) is 0.226. The fourth-order valence-electron chi connectivity index (χ4n) is 3.92. The van der Waals surface area contributed by atoms with Crippen LogP contribution in [0.3, 0.4) is 0 Å². The van der Waals surface area contributed by atoms with Crippen molar-refractivity contribution in [2.45, 2.75) is 50.4 Å². The molecule has 3 heterocycles. The van der Waals surface area contributed by atoms with E-state index in [0.29, 0.717) is 12.5 Å². The molecular formula is C17H29NO5. The molecule has 1 amide bonds. The fraction of sp³-hybridized carbons (Fsp3) is 0.941. The van der Waals surface area contributed by atoms with Crippen LogP contribution in [0.15, 0.2) is 0 Å². The highest BCUT2D eigenvalue weighted by atomic mass is 16.5. The molecule has 3 aliphatic rings. The summed E-state index contributed by atoms with van der Waals surface area (Å²) in [5, 5.41) is 0. The first-order valence-corrected chi connectivity index (χ1v) is 8.87. The van der Waals surface area contributed by atoms with Gasteiger partial charge in [-0.05, 0) is 38.0 Å². The third kappa shape index (κ3) is 4.44. The molecule has 0 aromatic heterocycles. The van der Waals surface area contributed by atoms with Crippen LogP contribution in [0.25, 0.3) is 0 Å². The normalized spacial score (nSPS) is 32.0. The lowest BCUT2D eigenvalue weighted by Crippen LogP contribution is -2.46. The summed E-state index contributed by atoms with van der Waals surface area (Å²) in [6.07, 6.45) is 5.45. The van der Waals surface area contributed by atoms with Gasteiger partial charge in [-0.15, -0.1) is 0 Å². The van der Waals surface area contributed by atoms with Crippen LogP contribution in [0.5, 0.6) is 0 Å². The molecule has 3 aliphatic heterocycles. The first-order chi connectivity index (χ1) is 11.3. The zero-order valence-corrected chi connectivity index (χ0v) is 14.1. The molecule has 0 unspecified atom stereocenters. The molecule has 6 nitrogen and oxygen atoms in total. The van der Waals surface area contributed by atoms with E-state index in [0.717, 1.165) is 58.5 Å². The topological polar surface area (TPSA) is 57.2 Å². The van der Waals surface area contributed by atoms with E-state index in [-0.39, 0.29) is 30.8 Å². The molecule has 132 valence electrons. The van der Waals surface area contributed by atoms with Crippen LogP contribution >= 0.6 is 0 Å². The lowest BCUT2D eigenvalue weighted by Gasteiger charge is -2.36. The van der Waals surface area contributed by atoms with Gasteiger partial charge in [0.05, 0.1) is 24.9 Å². The summed E-state index contributed by atoms with van der Waals surface area (Å²) in [6.45, 7) is 4.17. The number of likely N-dealkylation sites (tertiary alicyclic amines) is 1. The van der Waals surface area contributed by atoms with Crippen molar-refractivity contribution in [1.82, 2.24) is 4.90 Å². The van der Waals surface area contributed by atoms with Crippen LogP contribution < -0.4 is 0 Å². The van der Waals surface area contributed by atoms with Crippen LogP contribution in [0.2, 0.25) is 0 Å². The average Bonchev–Trinajstić information content (AvgIpc) is 2.99. The Labute approximate surface area is 138 Å². The number of amides is 1. The minimum atomic E-state index is 0.0813. The Hall–Kier alpha value is -0.690. The van der Waals surface area contributed by atoms with Gasteiger partial charge in [-0.1, -0.05) is 0 Å². The first-order valence-electron chi connectivity index (χ1n) is 8.87. The molecule has 6 heteroatoms. The second-order valence-corrected chi connectivity index (χ2v) is 6.84. The summed E-state index contributed by atoms with van der Waals surface area (Å²) < 4.78 is 22.4. The van der Waals surface area contributed by atoms with E-state index in [1.54, 1.807) is 7.11 Å². The van der Waals surface area contributed by atoms with Crippen LogP contribution in [0, 0.1) is 5.92 Å². The summed E-state index contributed by atoms with van der Waals surface area (Å²) in [5.74, 6) is 0.714. The van der Waals surface area contributed by atoms with E-state index >= 15 is 0 Å². The minimum Gasteiger partial charge on any atom is -0.381 e. The average molecular weight is 327 g/mol. The van der Waals surface area contributed by atoms with E-state index < -0.39 is 0 Å². The van der Waals surface area contributed by atoms with Gasteiger partial charge in [0.15, 0.2) is 0 Å². The SMILES string of the molecule is COCC(=O)N1CC[C@@H]2O[C@@H](COCC3CCOCC3)CC[C@@H]21. The molecule has 0 aromatic rings. The van der Waals surface area contributed by atoms with Crippen LogP contribution in [-0.4, -0.2) is 75.7 Å². The van der Waals surface area contributed by atoms with Crippen molar-refractivity contribution in [3.05, 3.63) is 0 Å². The molecule has 0 radical (unpaired) electrons. The number of rotatable bonds is 6. The molecule has 0 N–H and O–H groups in total. The van der Waals surface area contributed by atoms with Crippen molar-refractivity contribution in [2.75, 3.05) is 46.7 Å². The number of hydrogen-bond donors (Lipinski definition) is 0. The van der Waals surface area contributed by atoms with Gasteiger partial charge in [0.25, 0.3) is 0 Å². The highest BCUT2D eigenvalue weighted by Gasteiger charge is 2.41. The molecule has 23 heavy (non-hydrogen) atoms. The Bertz CT molecular complexity index is 385. The standard InChI is InChI=1S/C17H29NO5/c1-20-12-17(19)18-7-4-16-15(18)3-2-14(23-16)11-22-10-13-5-8-21-9-6-13/h13-16H,2-12H2,1H3/t14-,15+,16+/m1/s1. The van der Waals surface area contributed by atoms with Crippen molar-refractivity contribution in [2.24, 2.45) is 5.92 Å². The maximum Gasteiger partial charge on any atom is 0.248 e. The number of nitrogens with zero attached hydrogens (tertiary/aromatic N) is 1. The van der Waals surface area contributed by atoms with E-state index in [1.165, 1.54) is 0 Å². The first kappa shape index (κ1) is 17.1. The van der Waals surface area contributed by atoms with Gasteiger partial charge in [0.1, 0.15) is 6.61 Å². The third-order valence-corrected chi connectivity index (χ3v) is 5.22. The number of methoxy groups -OCH3 is 1. The summed E-state index contributed by atoms with van der Waals surface area (Å²) in [4.78, 5) is 14.0. The Morgan fingerprint density at radius 2 is 1.96 bits per heavy atom. The molecule has 3 saturated heterocycles. The molecule has 0 aromatic carbocycles. The Morgan fingerprint density at radius 1 is 1.13 bits per heavy atom. The highest BCUT2D eigenvalue weighted by molar-refractivity contribution is 5.78. The molecule has 3 atom stereocenters. The number of fused-ring (bicyclic) bond motifs is 1. The van der Waals surface area contributed by atoms with Gasteiger partial charge >= 0.3 is 0 Å². The zero-order chi connectivity index (χ0) is 16.1. The summed E-state index contributed by atoms with van der Waals surface area (Å²) in [5.41, 5.74) is 0. The van der Waals surface area contributed by atoms with Gasteiger partial charge in [0, 0.05) is 33.5 Å². The lowest BCUT2D eigenvalue weighted by atomic mass is 9.99. The van der Waals surface area contributed by atoms with Crippen molar-refractivity contribution < 1.29 is 23.7 Å². The molecule has 0 bridgehead atoms. The minimum absolute atomic E-state index is 0.0813. The van der Waals surface area contributed by atoms with Crippen molar-refractivity contribution in [3.8, 4) is 0 Å². The van der Waals surface area contributed by atoms with Crippen LogP contribution in [0.1, 0.15) is 32.1 Å². The summed E-state index contributed by atoms with van der Waals surface area (Å²) in [7, 11) is 1.56. The van der Waals surface area contributed by atoms with Crippen LogP contribution in [-0.2, 0) is 23.7 Å². The second kappa shape index (κ2) is 8.42. The second-order valence-electron chi connectivity index (χ2n) is 6.84. The fourth-order valence-corrected chi connectivity index (χ4v) is 3.92. The molecule has 3 fully saturated rings. The van der Waals surface area contributed by atoms with Gasteiger partial charge in [-0.3, -0.25) is 4.79 Å². The maximum absolute atomic E-state index is 12.0. The van der Waals surface area contributed by atoms with Crippen LogP contribution in [0.4, 0.5) is 0 Å². The van der Waals surface area contributed by atoms with Gasteiger partial charge < -0.3 is 23.8 Å². The quantitative estimate of drug-likeness (QED) is 0.734. The number of ether oxygens (including phenoxy) is 4. The van der Waals surface area contributed by atoms with Gasteiger partial charge in [-0.2, -0.15) is 0 Å². The lowest BCUT2D eigenvalue weighted by molar-refractivity contribution is -0.143. The largest absolute Gasteiger partial charge is 0.381 e. The smallest absolute Gasteiger partial charge is 0.248 e. The Kier molecular flexibility index (Phi) is 6.28. The monoisotopic (exact) mass is 327 g/mol. The molecular weight excluding hydrogens is 298 g/mol. The molecule has 0 saturated carbocycles. The Balaban J connectivity index is 1.38. The van der Waals surface area contributed by atoms with Gasteiger partial charge in [-0.25, -0.2) is 0 Å². The predicted octanol–water partition coefficient (Wildman–Crippen LogP) is 1.22. The van der Waals surface area contributed by atoms with E-state index in [4.69, 9.17) is 18.9 Å². The molecule has 0 aliphatic carbocycles. The maximum atomic E-state index is 12.0. The third-order valence-electron chi connectivity index (χ3n) is 5.22. The van der Waals surface area contributed by atoms with E-state index in [2.05, 4.69) is 0 Å². The van der Waals surface area contributed by atoms with Crippen molar-refractivity contribution in [1.29, 1.82) is 0 Å².